The van der Waals surface area contributed by atoms with E-state index in [0.29, 0.717) is 13.1 Å². The van der Waals surface area contributed by atoms with E-state index in [0.717, 1.165) is 51.4 Å². The standard InChI is InChI=1S/C26H54N4O4S2/c1-23(2)17-21(18-24(3,4)27-23)29(35(9,31)32)15-13-11-12-14-16-30(36(10,33)34)22-19-25(5,6)28-26(7,8)20-22/h21-22,27-28H,11-20H2,1-10H3. The van der Waals surface area contributed by atoms with Gasteiger partial charge in [-0.1, -0.05) is 12.8 Å². The lowest BCUT2D eigenvalue weighted by atomic mass is 9.79. The van der Waals surface area contributed by atoms with Crippen LogP contribution in [0.25, 0.3) is 0 Å². The van der Waals surface area contributed by atoms with Crippen molar-refractivity contribution in [1.29, 1.82) is 0 Å². The van der Waals surface area contributed by atoms with Crippen molar-refractivity contribution < 1.29 is 16.8 Å². The molecule has 214 valence electrons. The predicted octanol–water partition coefficient (Wildman–Crippen LogP) is 3.69. The average molecular weight is 551 g/mol. The number of hydrogen-bond acceptors (Lipinski definition) is 6. The Labute approximate surface area is 222 Å². The summed E-state index contributed by atoms with van der Waals surface area (Å²) in [6.45, 7) is 18.1. The van der Waals surface area contributed by atoms with Gasteiger partial charge >= 0.3 is 0 Å². The Balaban J connectivity index is 1.93. The summed E-state index contributed by atoms with van der Waals surface area (Å²) in [5.74, 6) is 0. The first-order valence-corrected chi connectivity index (χ1v) is 17.2. The molecule has 2 aliphatic rings. The first kappa shape index (κ1) is 32.0. The van der Waals surface area contributed by atoms with Gasteiger partial charge in [-0.15, -0.1) is 0 Å². The van der Waals surface area contributed by atoms with Gasteiger partial charge in [-0.3, -0.25) is 0 Å². The summed E-state index contributed by atoms with van der Waals surface area (Å²) in [7, 11) is -6.63. The molecule has 0 saturated carbocycles. The molecule has 36 heavy (non-hydrogen) atoms. The van der Waals surface area contributed by atoms with Gasteiger partial charge in [0.2, 0.25) is 20.0 Å². The Hall–Kier alpha value is -0.260. The van der Waals surface area contributed by atoms with E-state index in [4.69, 9.17) is 0 Å². The summed E-state index contributed by atoms with van der Waals surface area (Å²) in [4.78, 5) is 0. The molecule has 0 spiro atoms. The van der Waals surface area contributed by atoms with Gasteiger partial charge in [0.15, 0.2) is 0 Å². The Kier molecular flexibility index (Phi) is 9.84. The van der Waals surface area contributed by atoms with E-state index in [1.165, 1.54) is 12.5 Å². The van der Waals surface area contributed by atoms with Crippen LogP contribution < -0.4 is 10.6 Å². The fourth-order valence-electron chi connectivity index (χ4n) is 7.07. The third-order valence-electron chi connectivity index (χ3n) is 7.51. The van der Waals surface area contributed by atoms with Gasteiger partial charge in [-0.2, -0.15) is 8.61 Å². The van der Waals surface area contributed by atoms with E-state index in [-0.39, 0.29) is 34.2 Å². The third kappa shape index (κ3) is 9.80. The second-order valence-corrected chi connectivity index (χ2v) is 17.9. The SMILES string of the molecule is CC1(C)CC(N(CCCCCCN(C2CC(C)(C)NC(C)(C)C2)S(C)(=O)=O)S(C)(=O)=O)CC(C)(C)N1. The molecule has 0 aliphatic carbocycles. The molecule has 2 rings (SSSR count). The first-order chi connectivity index (χ1) is 16.0. The normalized spacial score (nSPS) is 24.9. The summed E-state index contributed by atoms with van der Waals surface area (Å²) in [6.07, 6.45) is 9.11. The summed E-state index contributed by atoms with van der Waals surface area (Å²) >= 11 is 0. The van der Waals surface area contributed by atoms with Crippen molar-refractivity contribution in [2.45, 2.75) is 141 Å². The molecule has 0 aromatic carbocycles. The lowest BCUT2D eigenvalue weighted by molar-refractivity contribution is 0.106. The Morgan fingerprint density at radius 3 is 1.03 bits per heavy atom. The zero-order valence-electron chi connectivity index (χ0n) is 24.6. The number of nitrogens with one attached hydrogen (secondary N) is 2. The van der Waals surface area contributed by atoms with Crippen LogP contribution >= 0.6 is 0 Å². The molecule has 0 atom stereocenters. The number of unbranched alkanes of at least 4 members (excludes halogenated alkanes) is 3. The van der Waals surface area contributed by atoms with Gasteiger partial charge in [-0.25, -0.2) is 16.8 Å². The smallest absolute Gasteiger partial charge is 0.211 e. The molecule has 2 aliphatic heterocycles. The highest BCUT2D eigenvalue weighted by Gasteiger charge is 2.43. The highest BCUT2D eigenvalue weighted by atomic mass is 32.2. The minimum absolute atomic E-state index is 0.0152. The molecule has 0 bridgehead atoms. The lowest BCUT2D eigenvalue weighted by Gasteiger charge is -2.49. The largest absolute Gasteiger partial charge is 0.307 e. The Bertz CT molecular complexity index is 848. The Morgan fingerprint density at radius 2 is 0.806 bits per heavy atom. The topological polar surface area (TPSA) is 98.8 Å². The summed E-state index contributed by atoms with van der Waals surface area (Å²) in [5, 5.41) is 7.27. The van der Waals surface area contributed by atoms with Crippen molar-refractivity contribution in [1.82, 2.24) is 19.2 Å². The third-order valence-corrected chi connectivity index (χ3v) is 10.2. The molecule has 0 unspecified atom stereocenters. The molecule has 2 heterocycles. The molecular weight excluding hydrogens is 496 g/mol. The van der Waals surface area contributed by atoms with Crippen LogP contribution in [-0.2, 0) is 20.0 Å². The fourth-order valence-corrected chi connectivity index (χ4v) is 9.37. The van der Waals surface area contributed by atoms with Crippen molar-refractivity contribution in [3.8, 4) is 0 Å². The van der Waals surface area contributed by atoms with Gasteiger partial charge in [0, 0.05) is 47.3 Å². The maximum Gasteiger partial charge on any atom is 0.211 e. The Morgan fingerprint density at radius 1 is 0.556 bits per heavy atom. The number of sulfonamides is 2. The zero-order chi connectivity index (χ0) is 27.8. The van der Waals surface area contributed by atoms with Crippen LogP contribution in [0.5, 0.6) is 0 Å². The van der Waals surface area contributed by atoms with Crippen LogP contribution in [0.15, 0.2) is 0 Å². The molecule has 8 nitrogen and oxygen atoms in total. The molecule has 0 radical (unpaired) electrons. The minimum atomic E-state index is -3.32. The first-order valence-electron chi connectivity index (χ1n) is 13.5. The second-order valence-electron chi connectivity index (χ2n) is 14.1. The molecule has 0 amide bonds. The summed E-state index contributed by atoms with van der Waals surface area (Å²) in [5.41, 5.74) is -0.491. The van der Waals surface area contributed by atoms with E-state index in [1.807, 2.05) is 0 Å². The molecule has 2 fully saturated rings. The van der Waals surface area contributed by atoms with Crippen LogP contribution in [0.2, 0.25) is 0 Å². The number of piperidine rings is 2. The van der Waals surface area contributed by atoms with Gasteiger partial charge < -0.3 is 10.6 Å². The van der Waals surface area contributed by atoms with Crippen LogP contribution in [0.1, 0.15) is 107 Å². The van der Waals surface area contributed by atoms with Gasteiger partial charge in [0.05, 0.1) is 12.5 Å². The highest BCUT2D eigenvalue weighted by molar-refractivity contribution is 7.88. The van der Waals surface area contributed by atoms with E-state index >= 15 is 0 Å². The molecule has 0 aromatic rings. The van der Waals surface area contributed by atoms with Gasteiger partial charge in [-0.05, 0) is 93.9 Å². The van der Waals surface area contributed by atoms with E-state index in [9.17, 15) is 16.8 Å². The van der Waals surface area contributed by atoms with Crippen molar-refractivity contribution in [2.75, 3.05) is 25.6 Å². The molecule has 2 saturated heterocycles. The van der Waals surface area contributed by atoms with Gasteiger partial charge in [0.25, 0.3) is 0 Å². The number of hydrogen-bond donors (Lipinski definition) is 2. The molecule has 2 N–H and O–H groups in total. The van der Waals surface area contributed by atoms with Gasteiger partial charge in [0.1, 0.15) is 0 Å². The average Bonchev–Trinajstić information content (AvgIpc) is 2.56. The zero-order valence-corrected chi connectivity index (χ0v) is 26.2. The molecule has 0 aromatic heterocycles. The van der Waals surface area contributed by atoms with Crippen LogP contribution in [0.3, 0.4) is 0 Å². The summed E-state index contributed by atoms with van der Waals surface area (Å²) in [6, 6.07) is -0.0304. The van der Waals surface area contributed by atoms with Crippen molar-refractivity contribution in [3.63, 3.8) is 0 Å². The number of rotatable bonds is 11. The van der Waals surface area contributed by atoms with E-state index < -0.39 is 20.0 Å². The van der Waals surface area contributed by atoms with E-state index in [2.05, 4.69) is 66.0 Å². The van der Waals surface area contributed by atoms with Crippen molar-refractivity contribution in [2.24, 2.45) is 0 Å². The lowest BCUT2D eigenvalue weighted by Crippen LogP contribution is -2.62. The molecule has 10 heteroatoms. The van der Waals surface area contributed by atoms with Crippen LogP contribution in [0.4, 0.5) is 0 Å². The second kappa shape index (κ2) is 11.1. The minimum Gasteiger partial charge on any atom is -0.307 e. The summed E-state index contributed by atoms with van der Waals surface area (Å²) < 4.78 is 54.1. The van der Waals surface area contributed by atoms with E-state index in [1.54, 1.807) is 8.61 Å². The number of nitrogens with zero attached hydrogens (tertiary/aromatic N) is 2. The molecular formula is C26H54N4O4S2. The van der Waals surface area contributed by atoms with Crippen LogP contribution in [0, 0.1) is 0 Å². The van der Waals surface area contributed by atoms with Crippen molar-refractivity contribution >= 4 is 20.0 Å². The highest BCUT2D eigenvalue weighted by Crippen LogP contribution is 2.34. The quantitative estimate of drug-likeness (QED) is 0.381. The van der Waals surface area contributed by atoms with Crippen LogP contribution in [-0.4, -0.2) is 85.3 Å². The predicted molar refractivity (Wildman–Crippen MR) is 150 cm³/mol. The maximum absolute atomic E-state index is 12.7. The maximum atomic E-state index is 12.7. The fraction of sp³-hybridized carbons (Fsp3) is 1.00. The monoisotopic (exact) mass is 550 g/mol. The van der Waals surface area contributed by atoms with Crippen molar-refractivity contribution in [3.05, 3.63) is 0 Å².